The van der Waals surface area contributed by atoms with Gasteiger partial charge in [-0.2, -0.15) is 5.26 Å². The van der Waals surface area contributed by atoms with Crippen LogP contribution >= 0.6 is 0 Å². The smallest absolute Gasteiger partial charge is 0.152 e. The molecule has 1 rings (SSSR count). The molecule has 0 bridgehead atoms. The zero-order valence-corrected chi connectivity index (χ0v) is 7.32. The number of hydrogen-bond donors (Lipinski definition) is 0. The Morgan fingerprint density at radius 3 is 2.77 bits per heavy atom. The summed E-state index contributed by atoms with van der Waals surface area (Å²) < 4.78 is 0. The molecule has 2 nitrogen and oxygen atoms in total. The van der Waals surface area contributed by atoms with Crippen LogP contribution in [0.2, 0.25) is 0 Å². The van der Waals surface area contributed by atoms with Crippen molar-refractivity contribution in [3.05, 3.63) is 41.5 Å². The van der Waals surface area contributed by atoms with E-state index in [9.17, 15) is 4.79 Å². The van der Waals surface area contributed by atoms with E-state index in [4.69, 9.17) is 5.26 Å². The van der Waals surface area contributed by atoms with Crippen molar-refractivity contribution in [3.8, 4) is 6.07 Å². The minimum Gasteiger partial charge on any atom is -0.295 e. The minimum absolute atomic E-state index is 0.0206. The molecule has 64 valence electrons. The summed E-state index contributed by atoms with van der Waals surface area (Å²) in [4.78, 5) is 10.6. The molecule has 0 saturated carbocycles. The first kappa shape index (κ1) is 9.21. The van der Waals surface area contributed by atoms with Crippen LogP contribution in [0.3, 0.4) is 0 Å². The summed E-state index contributed by atoms with van der Waals surface area (Å²) in [6.07, 6.45) is 3.11. The van der Waals surface area contributed by atoms with Crippen LogP contribution in [0.15, 0.2) is 30.3 Å². The Labute approximate surface area is 77.1 Å². The van der Waals surface area contributed by atoms with Crippen LogP contribution in [0, 0.1) is 11.3 Å². The Hall–Kier alpha value is -1.88. The van der Waals surface area contributed by atoms with Gasteiger partial charge in [-0.15, -0.1) is 0 Å². The second-order valence-corrected chi connectivity index (χ2v) is 2.64. The Morgan fingerprint density at radius 1 is 1.46 bits per heavy atom. The number of nitriles is 1. The lowest BCUT2D eigenvalue weighted by atomic mass is 10.1. The van der Waals surface area contributed by atoms with E-state index in [1.54, 1.807) is 24.3 Å². The lowest BCUT2D eigenvalue weighted by Gasteiger charge is -1.94. The number of benzene rings is 1. The van der Waals surface area contributed by atoms with Crippen LogP contribution in [0.5, 0.6) is 0 Å². The molecule has 1 aromatic rings. The highest BCUT2D eigenvalue weighted by atomic mass is 16.1. The summed E-state index contributed by atoms with van der Waals surface area (Å²) >= 11 is 0. The minimum atomic E-state index is -0.0206. The van der Waals surface area contributed by atoms with Crippen LogP contribution in [-0.4, -0.2) is 5.78 Å². The third-order valence-corrected chi connectivity index (χ3v) is 1.58. The molecule has 2 heteroatoms. The van der Waals surface area contributed by atoms with Gasteiger partial charge < -0.3 is 0 Å². The van der Waals surface area contributed by atoms with E-state index in [-0.39, 0.29) is 5.78 Å². The molecule has 0 saturated heterocycles. The zero-order valence-electron chi connectivity index (χ0n) is 7.32. The molecule has 0 heterocycles. The summed E-state index contributed by atoms with van der Waals surface area (Å²) in [6.45, 7) is 1.48. The predicted molar refractivity (Wildman–Crippen MR) is 50.9 cm³/mol. The molecule has 0 aromatic heterocycles. The van der Waals surface area contributed by atoms with E-state index in [0.29, 0.717) is 5.56 Å². The first-order chi connectivity index (χ1) is 6.24. The van der Waals surface area contributed by atoms with Gasteiger partial charge in [-0.05, 0) is 24.6 Å². The van der Waals surface area contributed by atoms with Crippen molar-refractivity contribution >= 4 is 11.9 Å². The number of allylic oxidation sites excluding steroid dienone is 1. The third kappa shape index (κ3) is 2.57. The molecule has 0 spiro atoms. The summed E-state index contributed by atoms with van der Waals surface area (Å²) in [5.41, 5.74) is 1.36. The lowest BCUT2D eigenvalue weighted by Crippen LogP contribution is -1.83. The number of hydrogen-bond acceptors (Lipinski definition) is 2. The van der Waals surface area contributed by atoms with E-state index in [1.807, 2.05) is 6.07 Å². The molecule has 0 aliphatic heterocycles. The average Bonchev–Trinajstić information content (AvgIpc) is 2.15. The molecular formula is C11H9NO. The standard InChI is InChI=1S/C11H9NO/c1-9(13)6-7-10-4-2-3-5-11(10)8-12/h2-7H,1H3. The Kier molecular flexibility index (Phi) is 2.99. The molecule has 0 fully saturated rings. The topological polar surface area (TPSA) is 40.9 Å². The van der Waals surface area contributed by atoms with Crippen molar-refractivity contribution in [3.63, 3.8) is 0 Å². The van der Waals surface area contributed by atoms with Gasteiger partial charge in [0.15, 0.2) is 5.78 Å². The SMILES string of the molecule is CC(=O)C=Cc1ccccc1C#N. The molecule has 0 atom stereocenters. The van der Waals surface area contributed by atoms with E-state index < -0.39 is 0 Å². The predicted octanol–water partition coefficient (Wildman–Crippen LogP) is 2.16. The van der Waals surface area contributed by atoms with E-state index in [0.717, 1.165) is 5.56 Å². The molecule has 0 unspecified atom stereocenters. The maximum atomic E-state index is 10.6. The Morgan fingerprint density at radius 2 is 2.15 bits per heavy atom. The first-order valence-corrected chi connectivity index (χ1v) is 3.92. The molecule has 0 N–H and O–H groups in total. The first-order valence-electron chi connectivity index (χ1n) is 3.92. The highest BCUT2D eigenvalue weighted by Gasteiger charge is 1.95. The van der Waals surface area contributed by atoms with Crippen LogP contribution in [0.25, 0.3) is 6.08 Å². The van der Waals surface area contributed by atoms with Gasteiger partial charge in [0.1, 0.15) is 0 Å². The van der Waals surface area contributed by atoms with Crippen LogP contribution < -0.4 is 0 Å². The van der Waals surface area contributed by atoms with Crippen LogP contribution in [0.4, 0.5) is 0 Å². The molecule has 0 radical (unpaired) electrons. The number of nitrogens with zero attached hydrogens (tertiary/aromatic N) is 1. The normalized spacial score (nSPS) is 9.85. The fraction of sp³-hybridized carbons (Fsp3) is 0.0909. The average molecular weight is 171 g/mol. The van der Waals surface area contributed by atoms with E-state index >= 15 is 0 Å². The second kappa shape index (κ2) is 4.22. The van der Waals surface area contributed by atoms with Gasteiger partial charge in [-0.25, -0.2) is 0 Å². The summed E-state index contributed by atoms with van der Waals surface area (Å²) in [5.74, 6) is -0.0206. The maximum absolute atomic E-state index is 10.6. The van der Waals surface area contributed by atoms with Crippen molar-refractivity contribution in [2.75, 3.05) is 0 Å². The third-order valence-electron chi connectivity index (χ3n) is 1.58. The highest BCUT2D eigenvalue weighted by molar-refractivity contribution is 5.91. The molecular weight excluding hydrogens is 162 g/mol. The van der Waals surface area contributed by atoms with Crippen molar-refractivity contribution in [1.82, 2.24) is 0 Å². The lowest BCUT2D eigenvalue weighted by molar-refractivity contribution is -0.112. The molecule has 0 aliphatic rings. The second-order valence-electron chi connectivity index (χ2n) is 2.64. The van der Waals surface area contributed by atoms with Gasteiger partial charge in [-0.1, -0.05) is 24.3 Å². The molecule has 13 heavy (non-hydrogen) atoms. The zero-order chi connectivity index (χ0) is 9.68. The molecule has 0 amide bonds. The number of carbonyl (C=O) groups is 1. The molecule has 0 aliphatic carbocycles. The van der Waals surface area contributed by atoms with Crippen molar-refractivity contribution in [2.45, 2.75) is 6.92 Å². The quantitative estimate of drug-likeness (QED) is 0.640. The fourth-order valence-corrected chi connectivity index (χ4v) is 0.951. The van der Waals surface area contributed by atoms with Gasteiger partial charge >= 0.3 is 0 Å². The molecule has 1 aromatic carbocycles. The van der Waals surface area contributed by atoms with Gasteiger partial charge in [0.2, 0.25) is 0 Å². The van der Waals surface area contributed by atoms with Crippen LogP contribution in [-0.2, 0) is 4.79 Å². The van der Waals surface area contributed by atoms with Gasteiger partial charge in [0, 0.05) is 0 Å². The Balaban J connectivity index is 3.02. The van der Waals surface area contributed by atoms with Gasteiger partial charge in [0.05, 0.1) is 11.6 Å². The largest absolute Gasteiger partial charge is 0.295 e. The van der Waals surface area contributed by atoms with Crippen molar-refractivity contribution < 1.29 is 4.79 Å². The van der Waals surface area contributed by atoms with E-state index in [2.05, 4.69) is 6.07 Å². The van der Waals surface area contributed by atoms with Gasteiger partial charge in [0.25, 0.3) is 0 Å². The fourth-order valence-electron chi connectivity index (χ4n) is 0.951. The Bertz CT molecular complexity index is 385. The number of rotatable bonds is 2. The number of carbonyl (C=O) groups excluding carboxylic acids is 1. The maximum Gasteiger partial charge on any atom is 0.152 e. The van der Waals surface area contributed by atoms with Gasteiger partial charge in [-0.3, -0.25) is 4.79 Å². The summed E-state index contributed by atoms with van der Waals surface area (Å²) in [7, 11) is 0. The van der Waals surface area contributed by atoms with E-state index in [1.165, 1.54) is 13.0 Å². The van der Waals surface area contributed by atoms with Crippen molar-refractivity contribution in [2.24, 2.45) is 0 Å². The monoisotopic (exact) mass is 171 g/mol. The summed E-state index contributed by atoms with van der Waals surface area (Å²) in [5, 5.41) is 8.71. The summed E-state index contributed by atoms with van der Waals surface area (Å²) in [6, 6.07) is 9.21. The number of ketones is 1. The highest BCUT2D eigenvalue weighted by Crippen LogP contribution is 2.08. The van der Waals surface area contributed by atoms with Crippen molar-refractivity contribution in [1.29, 1.82) is 5.26 Å². The van der Waals surface area contributed by atoms with Crippen LogP contribution in [0.1, 0.15) is 18.1 Å².